The summed E-state index contributed by atoms with van der Waals surface area (Å²) >= 11 is 1.89. The molecule has 2 aliphatic heterocycles. The third kappa shape index (κ3) is 8.78. The van der Waals surface area contributed by atoms with Crippen molar-refractivity contribution in [3.05, 3.63) is 307 Å². The highest BCUT2D eigenvalue weighted by atomic mass is 32.1. The molecule has 0 unspecified atom stereocenters. The minimum atomic E-state index is -0.224. The Hall–Kier alpha value is -11.1. The summed E-state index contributed by atoms with van der Waals surface area (Å²) in [5.74, 6) is 0. The van der Waals surface area contributed by atoms with Crippen molar-refractivity contribution in [3.63, 3.8) is 0 Å². The number of hydrogen-bond donors (Lipinski definition) is 0. The van der Waals surface area contributed by atoms with Gasteiger partial charge in [-0.05, 0) is 197 Å². The van der Waals surface area contributed by atoms with Gasteiger partial charge < -0.3 is 24.0 Å². The average Bonchev–Trinajstić information content (AvgIpc) is 1.17. The lowest BCUT2D eigenvalue weighted by Gasteiger charge is -2.45. The van der Waals surface area contributed by atoms with Gasteiger partial charge in [0, 0.05) is 82.3 Å². The standard InChI is InChI=1S/C91H71BN4OS/c1-89(2,3)58-39-44-61(45-40-58)95-76-50-51-83-85(70-28-16-19-35-82(70)98-83)87(76)92-74-49-48-64(94(77-33-20-29-68-67-26-15-18-34-81(67)97-88(68)77)63-43-38-57-37-36-56-22-12-13-25-66(56)71(57)52-63)53-78(74)96(62-46-41-59(42-47-62)90(4,5)6)80-55-65(54-79(95)86(80)92)93(60-23-10-9-11-24-60)75-32-21-31-73-84(75)69-27-14-17-30-72(69)91(73,7)8/h9-55H,1-8H3. The van der Waals surface area contributed by atoms with Gasteiger partial charge in [0.05, 0.1) is 17.1 Å². The van der Waals surface area contributed by atoms with Gasteiger partial charge in [-0.1, -0.05) is 231 Å². The van der Waals surface area contributed by atoms with Crippen LogP contribution in [0.1, 0.15) is 77.6 Å². The smallest absolute Gasteiger partial charge is 0.253 e. The Morgan fingerprint density at radius 2 is 0.949 bits per heavy atom. The largest absolute Gasteiger partial charge is 0.454 e. The van der Waals surface area contributed by atoms with E-state index in [4.69, 9.17) is 4.42 Å². The number of para-hydroxylation sites is 3. The Labute approximate surface area is 576 Å². The van der Waals surface area contributed by atoms with Gasteiger partial charge in [-0.15, -0.1) is 11.3 Å². The van der Waals surface area contributed by atoms with Gasteiger partial charge in [0.2, 0.25) is 0 Å². The molecular formula is C91H71BN4OS. The van der Waals surface area contributed by atoms with Gasteiger partial charge >= 0.3 is 0 Å². The topological polar surface area (TPSA) is 26.1 Å². The molecule has 98 heavy (non-hydrogen) atoms. The minimum Gasteiger partial charge on any atom is -0.454 e. The first-order valence-electron chi connectivity index (χ1n) is 34.4. The fraction of sp³-hybridized carbons (Fsp3) is 0.121. The van der Waals surface area contributed by atoms with Crippen LogP contribution in [0.5, 0.6) is 0 Å². The zero-order valence-corrected chi connectivity index (χ0v) is 57.1. The van der Waals surface area contributed by atoms with Crippen molar-refractivity contribution < 1.29 is 4.42 Å². The number of rotatable bonds is 8. The Balaban J connectivity index is 0.951. The van der Waals surface area contributed by atoms with E-state index in [0.717, 1.165) is 84.5 Å². The van der Waals surface area contributed by atoms with Gasteiger partial charge in [0.25, 0.3) is 6.71 Å². The average molecular weight is 1280 g/mol. The highest BCUT2D eigenvalue weighted by molar-refractivity contribution is 7.26. The van der Waals surface area contributed by atoms with Crippen molar-refractivity contribution >= 4 is 166 Å². The van der Waals surface area contributed by atoms with Crippen LogP contribution in [0, 0.1) is 0 Å². The molecule has 0 atom stereocenters. The molecule has 3 aliphatic rings. The van der Waals surface area contributed by atoms with E-state index >= 15 is 0 Å². The van der Waals surface area contributed by atoms with Crippen LogP contribution in [0.25, 0.3) is 74.8 Å². The van der Waals surface area contributed by atoms with Gasteiger partial charge in [0.1, 0.15) is 5.58 Å². The highest BCUT2D eigenvalue weighted by Crippen LogP contribution is 2.57. The van der Waals surface area contributed by atoms with Crippen LogP contribution in [-0.2, 0) is 16.2 Å². The Kier molecular flexibility index (Phi) is 12.7. The molecule has 470 valence electrons. The van der Waals surface area contributed by atoms with Crippen LogP contribution in [0.15, 0.2) is 290 Å². The number of thiophene rings is 1. The van der Waals surface area contributed by atoms with Crippen LogP contribution >= 0.6 is 11.3 Å². The highest BCUT2D eigenvalue weighted by Gasteiger charge is 2.47. The molecule has 19 rings (SSSR count). The lowest BCUT2D eigenvalue weighted by molar-refractivity contribution is 0.590. The van der Waals surface area contributed by atoms with E-state index in [0.29, 0.717) is 0 Å². The summed E-state index contributed by atoms with van der Waals surface area (Å²) in [6, 6.07) is 108. The third-order valence-corrected chi connectivity index (χ3v) is 22.6. The SMILES string of the molecule is CC(C)(C)c1ccc(N2c3cc(N(c4ccc5ccc6ccccc6c5c4)c4cccc5c4oc4ccccc45)ccc3B3c4c2cc(N(c2ccccc2)c2cccc5c2-c2ccccc2C5(C)C)cc4N(c2ccc(C(C)(C)C)cc2)c2ccc4sc5ccccc5c4c23)cc1. The summed E-state index contributed by atoms with van der Waals surface area (Å²) in [5, 5.41) is 9.55. The number of fused-ring (bicyclic) bond motifs is 17. The normalized spacial score (nSPS) is 13.7. The predicted molar refractivity (Wildman–Crippen MR) is 420 cm³/mol. The zero-order chi connectivity index (χ0) is 66.1. The molecule has 0 amide bonds. The van der Waals surface area contributed by atoms with Crippen molar-refractivity contribution in [2.45, 2.75) is 71.6 Å². The molecule has 4 heterocycles. The first kappa shape index (κ1) is 58.3. The molecule has 0 bridgehead atoms. The van der Waals surface area contributed by atoms with Crippen LogP contribution in [0.2, 0.25) is 0 Å². The molecule has 5 nitrogen and oxygen atoms in total. The van der Waals surface area contributed by atoms with E-state index in [1.54, 1.807) is 0 Å². The van der Waals surface area contributed by atoms with E-state index in [2.05, 4.69) is 360 Å². The summed E-state index contributed by atoms with van der Waals surface area (Å²) in [6.07, 6.45) is 0. The number of nitrogens with zero attached hydrogens (tertiary/aromatic N) is 4. The lowest BCUT2D eigenvalue weighted by Crippen LogP contribution is -2.61. The van der Waals surface area contributed by atoms with E-state index in [-0.39, 0.29) is 23.0 Å². The van der Waals surface area contributed by atoms with Crippen molar-refractivity contribution in [3.8, 4) is 11.1 Å². The molecule has 16 aromatic rings. The minimum absolute atomic E-state index is 0.0496. The Bertz CT molecular complexity index is 5970. The fourth-order valence-corrected chi connectivity index (χ4v) is 17.8. The van der Waals surface area contributed by atoms with Crippen molar-refractivity contribution in [2.24, 2.45) is 0 Å². The monoisotopic (exact) mass is 1280 g/mol. The third-order valence-electron chi connectivity index (χ3n) is 21.5. The summed E-state index contributed by atoms with van der Waals surface area (Å²) in [4.78, 5) is 10.2. The molecule has 1 aliphatic carbocycles. The van der Waals surface area contributed by atoms with Crippen LogP contribution in [0.3, 0.4) is 0 Å². The fourth-order valence-electron chi connectivity index (χ4n) is 16.7. The molecule has 7 heteroatoms. The Morgan fingerprint density at radius 1 is 0.388 bits per heavy atom. The maximum absolute atomic E-state index is 7.09. The van der Waals surface area contributed by atoms with Gasteiger partial charge in [-0.2, -0.15) is 0 Å². The number of hydrogen-bond acceptors (Lipinski definition) is 6. The summed E-state index contributed by atoms with van der Waals surface area (Å²) in [5.41, 5.74) is 25.9. The number of anilines is 12. The molecule has 0 N–H and O–H groups in total. The zero-order valence-electron chi connectivity index (χ0n) is 56.3. The summed E-state index contributed by atoms with van der Waals surface area (Å²) in [7, 11) is 0. The lowest BCUT2D eigenvalue weighted by atomic mass is 9.33. The van der Waals surface area contributed by atoms with E-state index in [9.17, 15) is 0 Å². The second-order valence-electron chi connectivity index (χ2n) is 29.6. The van der Waals surface area contributed by atoms with Crippen LogP contribution in [-0.4, -0.2) is 6.71 Å². The molecular weight excluding hydrogens is 1210 g/mol. The Morgan fingerprint density at radius 3 is 1.69 bits per heavy atom. The van der Waals surface area contributed by atoms with E-state index in [1.807, 2.05) is 11.3 Å². The maximum Gasteiger partial charge on any atom is 0.253 e. The first-order chi connectivity index (χ1) is 47.6. The van der Waals surface area contributed by atoms with Crippen LogP contribution < -0.4 is 36.0 Å². The van der Waals surface area contributed by atoms with Crippen molar-refractivity contribution in [1.29, 1.82) is 0 Å². The molecule has 2 aromatic heterocycles. The van der Waals surface area contributed by atoms with Crippen molar-refractivity contribution in [2.75, 3.05) is 19.6 Å². The van der Waals surface area contributed by atoms with Crippen molar-refractivity contribution in [1.82, 2.24) is 0 Å². The molecule has 0 radical (unpaired) electrons. The molecule has 0 saturated carbocycles. The van der Waals surface area contributed by atoms with E-state index in [1.165, 1.54) is 97.2 Å². The number of furan rings is 1. The second-order valence-corrected chi connectivity index (χ2v) is 30.7. The van der Waals surface area contributed by atoms with Gasteiger partial charge in [0.15, 0.2) is 5.58 Å². The maximum atomic E-state index is 7.09. The van der Waals surface area contributed by atoms with Gasteiger partial charge in [-0.3, -0.25) is 0 Å². The van der Waals surface area contributed by atoms with Gasteiger partial charge in [-0.25, -0.2) is 0 Å². The molecule has 0 spiro atoms. The van der Waals surface area contributed by atoms with Crippen LogP contribution in [0.4, 0.5) is 68.2 Å². The predicted octanol–water partition coefficient (Wildman–Crippen LogP) is 24.2. The number of benzene rings is 14. The summed E-state index contributed by atoms with van der Waals surface area (Å²) < 4.78 is 9.65. The molecule has 14 aromatic carbocycles. The second kappa shape index (κ2) is 21.4. The molecule has 0 saturated heterocycles. The quantitative estimate of drug-likeness (QED) is 0.112. The molecule has 0 fully saturated rings. The first-order valence-corrected chi connectivity index (χ1v) is 35.2. The van der Waals surface area contributed by atoms with E-state index < -0.39 is 0 Å². The summed E-state index contributed by atoms with van der Waals surface area (Å²) in [6.45, 7) is 18.4.